The maximum Gasteiger partial charge on any atom is 0.407 e. The van der Waals surface area contributed by atoms with E-state index in [0.29, 0.717) is 18.0 Å². The number of carbonyl (C=O) groups excluding carboxylic acids is 1. The maximum absolute atomic E-state index is 11.9. The monoisotopic (exact) mass is 324 g/mol. The van der Waals surface area contributed by atoms with E-state index in [1.165, 1.54) is 51.4 Å². The number of hydrogen-bond donors (Lipinski definition) is 2. The average molecular weight is 325 g/mol. The number of carbonyl (C=O) groups is 1. The zero-order valence-corrected chi connectivity index (χ0v) is 15.5. The van der Waals surface area contributed by atoms with Crippen LogP contribution in [0.15, 0.2) is 0 Å². The fourth-order valence-electron chi connectivity index (χ4n) is 4.22. The largest absolute Gasteiger partial charge is 0.444 e. The van der Waals surface area contributed by atoms with Crippen molar-refractivity contribution >= 4 is 6.09 Å². The van der Waals surface area contributed by atoms with Crippen molar-refractivity contribution in [2.24, 2.45) is 11.8 Å². The molecule has 1 amide bonds. The van der Waals surface area contributed by atoms with Crippen molar-refractivity contribution in [3.8, 4) is 0 Å². The van der Waals surface area contributed by atoms with Crippen LogP contribution in [0.2, 0.25) is 0 Å². The Morgan fingerprint density at radius 1 is 1.00 bits per heavy atom. The van der Waals surface area contributed by atoms with Crippen LogP contribution in [0.1, 0.15) is 79.1 Å². The predicted octanol–water partition coefficient (Wildman–Crippen LogP) is 4.24. The van der Waals surface area contributed by atoms with Crippen molar-refractivity contribution in [3.05, 3.63) is 0 Å². The Labute approximate surface area is 142 Å². The number of ether oxygens (including phenoxy) is 1. The normalized spacial score (nSPS) is 31.8. The summed E-state index contributed by atoms with van der Waals surface area (Å²) >= 11 is 0. The predicted molar refractivity (Wildman–Crippen MR) is 94.5 cm³/mol. The van der Waals surface area contributed by atoms with Crippen LogP contribution < -0.4 is 10.6 Å². The molecule has 0 saturated heterocycles. The minimum absolute atomic E-state index is 0.283. The van der Waals surface area contributed by atoms with Gasteiger partial charge in [-0.2, -0.15) is 0 Å². The SMILES string of the molecule is CCC1CCCC1NC1CCCCC1CNC(=O)OC(C)(C)C. The molecule has 0 radical (unpaired) electrons. The van der Waals surface area contributed by atoms with Gasteiger partial charge in [-0.15, -0.1) is 0 Å². The van der Waals surface area contributed by atoms with Crippen molar-refractivity contribution in [2.45, 2.75) is 96.7 Å². The number of alkyl carbamates (subject to hydrolysis) is 1. The molecule has 0 aromatic carbocycles. The zero-order valence-electron chi connectivity index (χ0n) is 15.5. The van der Waals surface area contributed by atoms with Gasteiger partial charge in [0.05, 0.1) is 0 Å². The van der Waals surface area contributed by atoms with Crippen LogP contribution in [-0.2, 0) is 4.74 Å². The molecule has 4 heteroatoms. The van der Waals surface area contributed by atoms with Crippen molar-refractivity contribution in [1.82, 2.24) is 10.6 Å². The van der Waals surface area contributed by atoms with Gasteiger partial charge in [0.1, 0.15) is 5.60 Å². The highest BCUT2D eigenvalue weighted by Gasteiger charge is 2.32. The number of nitrogens with one attached hydrogen (secondary N) is 2. The average Bonchev–Trinajstić information content (AvgIpc) is 2.92. The molecule has 2 fully saturated rings. The summed E-state index contributed by atoms with van der Waals surface area (Å²) in [6.45, 7) is 8.76. The molecule has 134 valence electrons. The van der Waals surface area contributed by atoms with Crippen LogP contribution in [0.5, 0.6) is 0 Å². The van der Waals surface area contributed by atoms with E-state index in [2.05, 4.69) is 17.6 Å². The summed E-state index contributed by atoms with van der Waals surface area (Å²) in [5, 5.41) is 6.94. The molecule has 23 heavy (non-hydrogen) atoms. The third-order valence-electron chi connectivity index (χ3n) is 5.43. The molecule has 0 spiro atoms. The Morgan fingerprint density at radius 2 is 1.61 bits per heavy atom. The third-order valence-corrected chi connectivity index (χ3v) is 5.43. The summed E-state index contributed by atoms with van der Waals surface area (Å²) in [4.78, 5) is 11.9. The first-order chi connectivity index (χ1) is 10.9. The molecule has 0 aliphatic heterocycles. The molecule has 2 saturated carbocycles. The van der Waals surface area contributed by atoms with Gasteiger partial charge in [-0.05, 0) is 58.3 Å². The molecule has 0 bridgehead atoms. The van der Waals surface area contributed by atoms with Gasteiger partial charge in [0.15, 0.2) is 0 Å². The fraction of sp³-hybridized carbons (Fsp3) is 0.947. The summed E-state index contributed by atoms with van der Waals surface area (Å²) in [6, 6.07) is 1.24. The minimum atomic E-state index is -0.424. The van der Waals surface area contributed by atoms with Gasteiger partial charge in [0.2, 0.25) is 0 Å². The Balaban J connectivity index is 1.82. The smallest absolute Gasteiger partial charge is 0.407 e. The van der Waals surface area contributed by atoms with E-state index in [1.807, 2.05) is 20.8 Å². The van der Waals surface area contributed by atoms with Crippen LogP contribution in [0, 0.1) is 11.8 Å². The summed E-state index contributed by atoms with van der Waals surface area (Å²) in [7, 11) is 0. The molecule has 0 aromatic heterocycles. The second-order valence-corrected chi connectivity index (χ2v) is 8.41. The lowest BCUT2D eigenvalue weighted by molar-refractivity contribution is 0.0509. The van der Waals surface area contributed by atoms with E-state index in [-0.39, 0.29) is 6.09 Å². The van der Waals surface area contributed by atoms with E-state index < -0.39 is 5.60 Å². The standard InChI is InChI=1S/C19H36N2O2/c1-5-14-10-8-12-16(14)21-17-11-7-6-9-15(17)13-20-18(22)23-19(2,3)4/h14-17,21H,5-13H2,1-4H3,(H,20,22). The van der Waals surface area contributed by atoms with Gasteiger partial charge in [-0.1, -0.05) is 32.6 Å². The van der Waals surface area contributed by atoms with Crippen LogP contribution in [-0.4, -0.2) is 30.3 Å². The highest BCUT2D eigenvalue weighted by Crippen LogP contribution is 2.31. The Bertz CT molecular complexity index is 378. The zero-order chi connectivity index (χ0) is 16.9. The van der Waals surface area contributed by atoms with Crippen LogP contribution in [0.25, 0.3) is 0 Å². The highest BCUT2D eigenvalue weighted by molar-refractivity contribution is 5.67. The first-order valence-electron chi connectivity index (χ1n) is 9.62. The fourth-order valence-corrected chi connectivity index (χ4v) is 4.22. The Morgan fingerprint density at radius 3 is 2.30 bits per heavy atom. The van der Waals surface area contributed by atoms with Gasteiger partial charge in [0, 0.05) is 18.6 Å². The molecule has 4 atom stereocenters. The second kappa shape index (κ2) is 8.36. The highest BCUT2D eigenvalue weighted by atomic mass is 16.6. The van der Waals surface area contributed by atoms with Crippen LogP contribution in [0.3, 0.4) is 0 Å². The van der Waals surface area contributed by atoms with Gasteiger partial charge >= 0.3 is 6.09 Å². The lowest BCUT2D eigenvalue weighted by Crippen LogP contribution is -2.49. The first-order valence-corrected chi connectivity index (χ1v) is 9.62. The molecule has 0 heterocycles. The molecule has 2 aliphatic rings. The molecule has 0 aromatic rings. The van der Waals surface area contributed by atoms with Crippen LogP contribution in [0.4, 0.5) is 4.79 Å². The van der Waals surface area contributed by atoms with Gasteiger partial charge in [-0.25, -0.2) is 4.79 Å². The van der Waals surface area contributed by atoms with E-state index in [4.69, 9.17) is 4.74 Å². The van der Waals surface area contributed by atoms with Gasteiger partial charge < -0.3 is 15.4 Å². The lowest BCUT2D eigenvalue weighted by Gasteiger charge is -2.36. The third kappa shape index (κ3) is 5.98. The molecular weight excluding hydrogens is 288 g/mol. The molecule has 2 rings (SSSR count). The molecule has 2 N–H and O–H groups in total. The van der Waals surface area contributed by atoms with E-state index >= 15 is 0 Å². The first kappa shape index (κ1) is 18.6. The van der Waals surface area contributed by atoms with E-state index in [0.717, 1.165) is 12.5 Å². The number of hydrogen-bond acceptors (Lipinski definition) is 3. The topological polar surface area (TPSA) is 50.4 Å². The van der Waals surface area contributed by atoms with Crippen molar-refractivity contribution in [1.29, 1.82) is 0 Å². The van der Waals surface area contributed by atoms with Crippen molar-refractivity contribution < 1.29 is 9.53 Å². The quantitative estimate of drug-likeness (QED) is 0.795. The van der Waals surface area contributed by atoms with Crippen molar-refractivity contribution in [2.75, 3.05) is 6.54 Å². The van der Waals surface area contributed by atoms with Crippen molar-refractivity contribution in [3.63, 3.8) is 0 Å². The summed E-state index contributed by atoms with van der Waals surface area (Å²) in [5.74, 6) is 1.38. The Kier molecular flexibility index (Phi) is 6.75. The van der Waals surface area contributed by atoms with E-state index in [9.17, 15) is 4.79 Å². The minimum Gasteiger partial charge on any atom is -0.444 e. The van der Waals surface area contributed by atoms with Gasteiger partial charge in [0.25, 0.3) is 0 Å². The lowest BCUT2D eigenvalue weighted by atomic mass is 9.83. The van der Waals surface area contributed by atoms with Crippen LogP contribution >= 0.6 is 0 Å². The molecular formula is C19H36N2O2. The molecule has 2 aliphatic carbocycles. The van der Waals surface area contributed by atoms with Gasteiger partial charge in [-0.3, -0.25) is 0 Å². The number of amides is 1. The Hall–Kier alpha value is -0.770. The maximum atomic E-state index is 11.9. The summed E-state index contributed by atoms with van der Waals surface area (Å²) < 4.78 is 5.36. The molecule has 4 nitrogen and oxygen atoms in total. The summed E-state index contributed by atoms with van der Waals surface area (Å²) in [6.07, 6.45) is 10.1. The van der Waals surface area contributed by atoms with E-state index in [1.54, 1.807) is 0 Å². The number of rotatable bonds is 5. The second-order valence-electron chi connectivity index (χ2n) is 8.41. The molecule has 4 unspecified atom stereocenters. The summed E-state index contributed by atoms with van der Waals surface area (Å²) in [5.41, 5.74) is -0.424.